The van der Waals surface area contributed by atoms with E-state index in [4.69, 9.17) is 9.47 Å². The summed E-state index contributed by atoms with van der Waals surface area (Å²) >= 11 is 0. The highest BCUT2D eigenvalue weighted by molar-refractivity contribution is 5.85. The first-order valence-corrected chi connectivity index (χ1v) is 8.53. The van der Waals surface area contributed by atoms with Gasteiger partial charge >= 0.3 is 0 Å². The molecular weight excluding hydrogens is 294 g/mol. The van der Waals surface area contributed by atoms with Crippen LogP contribution in [0, 0.1) is 5.92 Å². The minimum atomic E-state index is -0.677. The van der Waals surface area contributed by atoms with Crippen molar-refractivity contribution < 1.29 is 14.3 Å². The zero-order valence-electron chi connectivity index (χ0n) is 14.2. The maximum atomic E-state index is 13.0. The van der Waals surface area contributed by atoms with Gasteiger partial charge in [-0.3, -0.25) is 4.79 Å². The monoisotopic (exact) mass is 321 g/mol. The molecular formula is C17H27N3O3. The van der Waals surface area contributed by atoms with Crippen molar-refractivity contribution in [1.82, 2.24) is 14.5 Å². The van der Waals surface area contributed by atoms with Crippen molar-refractivity contribution in [2.45, 2.75) is 37.7 Å². The largest absolute Gasteiger partial charge is 0.381 e. The van der Waals surface area contributed by atoms with Crippen LogP contribution in [0.5, 0.6) is 0 Å². The van der Waals surface area contributed by atoms with Gasteiger partial charge in [0.1, 0.15) is 5.82 Å². The summed E-state index contributed by atoms with van der Waals surface area (Å²) in [5, 5.41) is 0. The van der Waals surface area contributed by atoms with Gasteiger partial charge in [-0.25, -0.2) is 4.98 Å². The number of rotatable bonds is 4. The Hall–Kier alpha value is -1.40. The fraction of sp³-hybridized carbons (Fsp3) is 0.765. The zero-order chi connectivity index (χ0) is 16.3. The number of methoxy groups -OCH3 is 1. The van der Waals surface area contributed by atoms with Crippen molar-refractivity contribution in [2.24, 2.45) is 13.0 Å². The number of nitrogens with zero attached hydrogens (tertiary/aromatic N) is 3. The summed E-state index contributed by atoms with van der Waals surface area (Å²) in [4.78, 5) is 19.5. The molecule has 1 aromatic heterocycles. The standard InChI is InChI=1S/C17H27N3O3/c1-19-9-7-18-15(19)12-14-4-3-8-20(13-14)16(21)17(22-2)5-10-23-11-6-17/h7,9,14H,3-6,8,10-13H2,1-2H3. The van der Waals surface area contributed by atoms with Crippen molar-refractivity contribution in [3.05, 3.63) is 18.2 Å². The van der Waals surface area contributed by atoms with Gasteiger partial charge in [0.15, 0.2) is 5.60 Å². The van der Waals surface area contributed by atoms with Crippen molar-refractivity contribution in [1.29, 1.82) is 0 Å². The molecule has 0 N–H and O–H groups in total. The number of amides is 1. The van der Waals surface area contributed by atoms with Crippen molar-refractivity contribution in [2.75, 3.05) is 33.4 Å². The molecule has 1 atom stereocenters. The molecule has 6 nitrogen and oxygen atoms in total. The first-order chi connectivity index (χ1) is 11.1. The van der Waals surface area contributed by atoms with E-state index in [1.807, 2.05) is 24.3 Å². The Morgan fingerprint density at radius 1 is 1.48 bits per heavy atom. The highest BCUT2D eigenvalue weighted by atomic mass is 16.5. The Morgan fingerprint density at radius 2 is 2.26 bits per heavy atom. The molecule has 128 valence electrons. The molecule has 0 spiro atoms. The number of ether oxygens (including phenoxy) is 2. The van der Waals surface area contributed by atoms with Gasteiger partial charge in [-0.05, 0) is 18.8 Å². The van der Waals surface area contributed by atoms with Crippen molar-refractivity contribution in [3.8, 4) is 0 Å². The van der Waals surface area contributed by atoms with Crippen molar-refractivity contribution >= 4 is 5.91 Å². The summed E-state index contributed by atoms with van der Waals surface area (Å²) in [5.41, 5.74) is -0.677. The Kier molecular flexibility index (Phi) is 5.02. The van der Waals surface area contributed by atoms with Crippen LogP contribution in [0.15, 0.2) is 12.4 Å². The van der Waals surface area contributed by atoms with Crippen LogP contribution in [-0.4, -0.2) is 59.4 Å². The van der Waals surface area contributed by atoms with E-state index in [2.05, 4.69) is 9.55 Å². The number of hydrogen-bond acceptors (Lipinski definition) is 4. The Bertz CT molecular complexity index is 537. The summed E-state index contributed by atoms with van der Waals surface area (Å²) < 4.78 is 13.1. The van der Waals surface area contributed by atoms with Crippen LogP contribution in [0.3, 0.4) is 0 Å². The minimum absolute atomic E-state index is 0.146. The second-order valence-electron chi connectivity index (χ2n) is 6.73. The average Bonchev–Trinajstić information content (AvgIpc) is 3.00. The lowest BCUT2D eigenvalue weighted by Gasteiger charge is -2.41. The molecule has 3 rings (SSSR count). The molecule has 3 heterocycles. The van der Waals surface area contributed by atoms with Gasteiger partial charge in [-0.1, -0.05) is 0 Å². The fourth-order valence-electron chi connectivity index (χ4n) is 3.76. The third-order valence-corrected chi connectivity index (χ3v) is 5.28. The van der Waals surface area contributed by atoms with E-state index in [-0.39, 0.29) is 5.91 Å². The summed E-state index contributed by atoms with van der Waals surface area (Å²) in [6.07, 6.45) is 8.25. The smallest absolute Gasteiger partial charge is 0.254 e. The highest BCUT2D eigenvalue weighted by Crippen LogP contribution is 2.29. The molecule has 2 fully saturated rings. The number of aromatic nitrogens is 2. The second kappa shape index (κ2) is 7.01. The van der Waals surface area contributed by atoms with Crippen LogP contribution >= 0.6 is 0 Å². The normalized spacial score (nSPS) is 24.6. The first-order valence-electron chi connectivity index (χ1n) is 8.53. The lowest BCUT2D eigenvalue weighted by molar-refractivity contribution is -0.168. The van der Waals surface area contributed by atoms with Gasteiger partial charge in [0.2, 0.25) is 0 Å². The fourth-order valence-corrected chi connectivity index (χ4v) is 3.76. The van der Waals surface area contributed by atoms with Crippen LogP contribution in [0.25, 0.3) is 0 Å². The summed E-state index contributed by atoms with van der Waals surface area (Å²) in [7, 11) is 3.68. The van der Waals surface area contributed by atoms with Gasteiger partial charge in [0.25, 0.3) is 5.91 Å². The third-order valence-electron chi connectivity index (χ3n) is 5.28. The predicted octanol–water partition coefficient (Wildman–Crippen LogP) is 1.40. The van der Waals surface area contributed by atoms with Crippen LogP contribution in [0.2, 0.25) is 0 Å². The number of carbonyl (C=O) groups is 1. The Morgan fingerprint density at radius 3 is 2.91 bits per heavy atom. The maximum absolute atomic E-state index is 13.0. The quantitative estimate of drug-likeness (QED) is 0.841. The summed E-state index contributed by atoms with van der Waals surface area (Å²) in [5.74, 6) is 1.72. The second-order valence-corrected chi connectivity index (χ2v) is 6.73. The van der Waals surface area contributed by atoms with E-state index in [0.717, 1.165) is 38.2 Å². The molecule has 6 heteroatoms. The van der Waals surface area contributed by atoms with Crippen LogP contribution in [0.4, 0.5) is 0 Å². The van der Waals surface area contributed by atoms with Crippen molar-refractivity contribution in [3.63, 3.8) is 0 Å². The summed E-state index contributed by atoms with van der Waals surface area (Å²) in [6, 6.07) is 0. The maximum Gasteiger partial charge on any atom is 0.254 e. The third kappa shape index (κ3) is 3.43. The number of likely N-dealkylation sites (tertiary alicyclic amines) is 1. The van der Waals surface area contributed by atoms with E-state index in [1.165, 1.54) is 0 Å². The number of piperidine rings is 1. The number of hydrogen-bond donors (Lipinski definition) is 0. The predicted molar refractivity (Wildman–Crippen MR) is 86.0 cm³/mol. The van der Waals surface area contributed by atoms with E-state index < -0.39 is 5.60 Å². The lowest BCUT2D eigenvalue weighted by atomic mass is 9.89. The Labute approximate surface area is 137 Å². The molecule has 0 aliphatic carbocycles. The van der Waals surface area contributed by atoms with Crippen LogP contribution in [-0.2, 0) is 27.7 Å². The van der Waals surface area contributed by atoms with Gasteiger partial charge in [-0.2, -0.15) is 0 Å². The molecule has 0 aromatic carbocycles. The molecule has 23 heavy (non-hydrogen) atoms. The molecule has 1 amide bonds. The molecule has 0 saturated carbocycles. The lowest BCUT2D eigenvalue weighted by Crippen LogP contribution is -2.55. The van der Waals surface area contributed by atoms with Gasteiger partial charge in [0.05, 0.1) is 0 Å². The van der Waals surface area contributed by atoms with E-state index >= 15 is 0 Å². The molecule has 1 unspecified atom stereocenters. The van der Waals surface area contributed by atoms with Gasteiger partial charge in [0, 0.05) is 72.1 Å². The van der Waals surface area contributed by atoms with Gasteiger partial charge in [-0.15, -0.1) is 0 Å². The summed E-state index contributed by atoms with van der Waals surface area (Å²) in [6.45, 7) is 2.84. The molecule has 0 radical (unpaired) electrons. The van der Waals surface area contributed by atoms with Gasteiger partial charge < -0.3 is 18.9 Å². The number of carbonyl (C=O) groups excluding carboxylic acids is 1. The number of imidazole rings is 1. The van der Waals surface area contributed by atoms with Crippen LogP contribution < -0.4 is 0 Å². The highest BCUT2D eigenvalue weighted by Gasteiger charge is 2.43. The topological polar surface area (TPSA) is 56.6 Å². The van der Waals surface area contributed by atoms with E-state index in [0.29, 0.717) is 32.0 Å². The van der Waals surface area contributed by atoms with E-state index in [1.54, 1.807) is 7.11 Å². The first kappa shape index (κ1) is 16.5. The average molecular weight is 321 g/mol. The van der Waals surface area contributed by atoms with E-state index in [9.17, 15) is 4.79 Å². The Balaban J connectivity index is 1.65. The molecule has 2 saturated heterocycles. The number of aryl methyl sites for hydroxylation is 1. The molecule has 2 aliphatic rings. The molecule has 2 aliphatic heterocycles. The van der Waals surface area contributed by atoms with Crippen LogP contribution in [0.1, 0.15) is 31.5 Å². The molecule has 0 bridgehead atoms. The molecule has 1 aromatic rings. The zero-order valence-corrected chi connectivity index (χ0v) is 14.2. The SMILES string of the molecule is COC1(C(=O)N2CCCC(Cc3nccn3C)C2)CCOCC1. The minimum Gasteiger partial charge on any atom is -0.381 e.